The van der Waals surface area contributed by atoms with Crippen molar-refractivity contribution >= 4 is 29.9 Å². The molecule has 0 fully saturated rings. The molecule has 2 N–H and O–H groups in total. The largest absolute Gasteiger partial charge is 0.354 e. The van der Waals surface area contributed by atoms with Gasteiger partial charge < -0.3 is 15.5 Å². The van der Waals surface area contributed by atoms with E-state index in [1.807, 2.05) is 14.1 Å². The third-order valence-electron chi connectivity index (χ3n) is 4.23. The summed E-state index contributed by atoms with van der Waals surface area (Å²) in [7, 11) is 5.68. The molecule has 0 aliphatic heterocycles. The standard InChI is InChI=1S/C20H26F2N4.HI/c1-14-5-7-15(8-6-14)19(26(3)4)13-25-20(23-2)24-12-16-11-17(21)9-10-18(16)22;/h5-11,19H,12-13H2,1-4H3,(H2,23,24,25);1H. The molecule has 0 aliphatic carbocycles. The van der Waals surface area contributed by atoms with Crippen molar-refractivity contribution in [1.29, 1.82) is 0 Å². The molecule has 0 radical (unpaired) electrons. The molecule has 148 valence electrons. The van der Waals surface area contributed by atoms with Crippen molar-refractivity contribution in [1.82, 2.24) is 15.5 Å². The minimum Gasteiger partial charge on any atom is -0.354 e. The van der Waals surface area contributed by atoms with E-state index in [2.05, 4.69) is 51.7 Å². The summed E-state index contributed by atoms with van der Waals surface area (Å²) in [4.78, 5) is 6.28. The Kier molecular flexibility index (Phi) is 9.65. The van der Waals surface area contributed by atoms with Gasteiger partial charge in [-0.05, 0) is 44.8 Å². The third kappa shape index (κ3) is 7.06. The fourth-order valence-corrected chi connectivity index (χ4v) is 2.66. The fraction of sp³-hybridized carbons (Fsp3) is 0.350. The monoisotopic (exact) mass is 488 g/mol. The Morgan fingerprint density at radius 2 is 1.74 bits per heavy atom. The Bertz CT molecular complexity index is 748. The molecule has 0 heterocycles. The lowest BCUT2D eigenvalue weighted by Gasteiger charge is -2.26. The number of halogens is 3. The van der Waals surface area contributed by atoms with Gasteiger partial charge in [-0.1, -0.05) is 29.8 Å². The van der Waals surface area contributed by atoms with E-state index in [0.29, 0.717) is 12.5 Å². The molecule has 7 heteroatoms. The van der Waals surface area contributed by atoms with Crippen LogP contribution in [0.15, 0.2) is 47.5 Å². The molecule has 1 unspecified atom stereocenters. The van der Waals surface area contributed by atoms with Crippen molar-refractivity contribution in [3.63, 3.8) is 0 Å². The van der Waals surface area contributed by atoms with Crippen LogP contribution in [0.4, 0.5) is 8.78 Å². The first-order valence-electron chi connectivity index (χ1n) is 8.52. The average molecular weight is 488 g/mol. The fourth-order valence-electron chi connectivity index (χ4n) is 2.66. The van der Waals surface area contributed by atoms with E-state index >= 15 is 0 Å². The van der Waals surface area contributed by atoms with Crippen LogP contribution in [0.25, 0.3) is 0 Å². The summed E-state index contributed by atoms with van der Waals surface area (Å²) in [5.74, 6) is -0.369. The van der Waals surface area contributed by atoms with Gasteiger partial charge in [0.25, 0.3) is 0 Å². The predicted molar refractivity (Wildman–Crippen MR) is 118 cm³/mol. The number of nitrogens with zero attached hydrogens (tertiary/aromatic N) is 2. The van der Waals surface area contributed by atoms with Crippen LogP contribution in [0, 0.1) is 18.6 Å². The van der Waals surface area contributed by atoms with Gasteiger partial charge in [0.05, 0.1) is 6.04 Å². The molecule has 2 rings (SSSR count). The summed E-state index contributed by atoms with van der Waals surface area (Å²) < 4.78 is 27.0. The number of guanidine groups is 1. The summed E-state index contributed by atoms with van der Waals surface area (Å²) >= 11 is 0. The molecule has 1 atom stereocenters. The summed E-state index contributed by atoms with van der Waals surface area (Å²) in [6.07, 6.45) is 0. The van der Waals surface area contributed by atoms with Gasteiger partial charge in [-0.15, -0.1) is 24.0 Å². The van der Waals surface area contributed by atoms with Crippen molar-refractivity contribution in [3.05, 3.63) is 70.8 Å². The van der Waals surface area contributed by atoms with Crippen LogP contribution in [0.2, 0.25) is 0 Å². The van der Waals surface area contributed by atoms with Crippen LogP contribution in [-0.2, 0) is 6.54 Å². The first kappa shape index (κ1) is 23.3. The Morgan fingerprint density at radius 1 is 1.07 bits per heavy atom. The molecule has 2 aromatic carbocycles. The zero-order chi connectivity index (χ0) is 19.1. The second kappa shape index (κ2) is 11.2. The van der Waals surface area contributed by atoms with Crippen LogP contribution < -0.4 is 10.6 Å². The Labute approximate surface area is 177 Å². The number of benzene rings is 2. The van der Waals surface area contributed by atoms with Crippen LogP contribution in [-0.4, -0.2) is 38.5 Å². The van der Waals surface area contributed by atoms with Crippen LogP contribution in [0.5, 0.6) is 0 Å². The van der Waals surface area contributed by atoms with Gasteiger partial charge in [0.15, 0.2) is 5.96 Å². The minimum absolute atomic E-state index is 0. The predicted octanol–water partition coefficient (Wildman–Crippen LogP) is 3.86. The molecule has 4 nitrogen and oxygen atoms in total. The maximum atomic E-state index is 13.7. The van der Waals surface area contributed by atoms with Gasteiger partial charge in [0.1, 0.15) is 11.6 Å². The quantitative estimate of drug-likeness (QED) is 0.369. The van der Waals surface area contributed by atoms with Crippen LogP contribution in [0.3, 0.4) is 0 Å². The van der Waals surface area contributed by atoms with Gasteiger partial charge in [-0.3, -0.25) is 4.99 Å². The number of hydrogen-bond acceptors (Lipinski definition) is 2. The zero-order valence-corrected chi connectivity index (χ0v) is 18.4. The number of rotatable bonds is 6. The van der Waals surface area contributed by atoms with Gasteiger partial charge in [0.2, 0.25) is 0 Å². The lowest BCUT2D eigenvalue weighted by Crippen LogP contribution is -2.41. The molecule has 2 aromatic rings. The van der Waals surface area contributed by atoms with Crippen LogP contribution in [0.1, 0.15) is 22.7 Å². The molecule has 0 aromatic heterocycles. The van der Waals surface area contributed by atoms with E-state index in [0.717, 1.165) is 12.1 Å². The maximum absolute atomic E-state index is 13.7. The number of aryl methyl sites for hydroxylation is 1. The minimum atomic E-state index is -0.460. The van der Waals surface area contributed by atoms with Gasteiger partial charge in [-0.25, -0.2) is 8.78 Å². The lowest BCUT2D eigenvalue weighted by molar-refractivity contribution is 0.298. The molecule has 0 aliphatic rings. The highest BCUT2D eigenvalue weighted by atomic mass is 127. The Hall–Kier alpha value is -1.74. The number of hydrogen-bond donors (Lipinski definition) is 2. The molecular formula is C20H27F2IN4. The van der Waals surface area contributed by atoms with Gasteiger partial charge >= 0.3 is 0 Å². The first-order chi connectivity index (χ1) is 12.4. The Balaban J connectivity index is 0.00000364. The van der Waals surface area contributed by atoms with E-state index in [4.69, 9.17) is 0 Å². The molecular weight excluding hydrogens is 461 g/mol. The number of likely N-dealkylation sites (N-methyl/N-ethyl adjacent to an activating group) is 1. The van der Waals surface area contributed by atoms with Gasteiger partial charge in [-0.2, -0.15) is 0 Å². The molecule has 0 saturated heterocycles. The van der Waals surface area contributed by atoms with E-state index in [-0.39, 0.29) is 42.1 Å². The smallest absolute Gasteiger partial charge is 0.191 e. The molecule has 27 heavy (non-hydrogen) atoms. The van der Waals surface area contributed by atoms with Gasteiger partial charge in [0, 0.05) is 25.7 Å². The molecule has 0 amide bonds. The SMILES string of the molecule is CN=C(NCc1cc(F)ccc1F)NCC(c1ccc(C)cc1)N(C)C.I. The third-order valence-corrected chi connectivity index (χ3v) is 4.23. The highest BCUT2D eigenvalue weighted by molar-refractivity contribution is 14.0. The second-order valence-corrected chi connectivity index (χ2v) is 6.43. The van der Waals surface area contributed by atoms with E-state index in [9.17, 15) is 8.78 Å². The number of aliphatic imine (C=N–C) groups is 1. The zero-order valence-electron chi connectivity index (χ0n) is 16.1. The van der Waals surface area contributed by atoms with E-state index < -0.39 is 11.6 Å². The van der Waals surface area contributed by atoms with Crippen LogP contribution >= 0.6 is 24.0 Å². The molecule has 0 bridgehead atoms. The highest BCUT2D eigenvalue weighted by Gasteiger charge is 2.14. The Morgan fingerprint density at radius 3 is 2.33 bits per heavy atom. The normalized spacial score (nSPS) is 12.5. The first-order valence-corrected chi connectivity index (χ1v) is 8.52. The number of nitrogens with one attached hydrogen (secondary N) is 2. The second-order valence-electron chi connectivity index (χ2n) is 6.43. The molecule has 0 saturated carbocycles. The van der Waals surface area contributed by atoms with Crippen molar-refractivity contribution in [2.24, 2.45) is 4.99 Å². The van der Waals surface area contributed by atoms with Crippen molar-refractivity contribution in [3.8, 4) is 0 Å². The summed E-state index contributed by atoms with van der Waals surface area (Å²) in [5.41, 5.74) is 2.67. The maximum Gasteiger partial charge on any atom is 0.191 e. The molecule has 0 spiro atoms. The van der Waals surface area contributed by atoms with E-state index in [1.54, 1.807) is 7.05 Å². The lowest BCUT2D eigenvalue weighted by atomic mass is 10.0. The topological polar surface area (TPSA) is 39.7 Å². The van der Waals surface area contributed by atoms with Crippen molar-refractivity contribution in [2.45, 2.75) is 19.5 Å². The van der Waals surface area contributed by atoms with Crippen molar-refractivity contribution in [2.75, 3.05) is 27.7 Å². The average Bonchev–Trinajstić information content (AvgIpc) is 2.61. The van der Waals surface area contributed by atoms with E-state index in [1.165, 1.54) is 17.2 Å². The summed E-state index contributed by atoms with van der Waals surface area (Å²) in [6.45, 7) is 2.84. The highest BCUT2D eigenvalue weighted by Crippen LogP contribution is 2.18. The van der Waals surface area contributed by atoms with Crippen molar-refractivity contribution < 1.29 is 8.78 Å². The summed E-state index contributed by atoms with van der Waals surface area (Å²) in [6, 6.07) is 12.0. The summed E-state index contributed by atoms with van der Waals surface area (Å²) in [5, 5.41) is 6.27.